The lowest BCUT2D eigenvalue weighted by Gasteiger charge is -2.37. The third-order valence-corrected chi connectivity index (χ3v) is 7.36. The maximum absolute atomic E-state index is 13.0. The quantitative estimate of drug-likeness (QED) is 0.241. The second-order valence-electron chi connectivity index (χ2n) is 11.0. The van der Waals surface area contributed by atoms with E-state index in [1.165, 1.54) is 0 Å². The predicted octanol–water partition coefficient (Wildman–Crippen LogP) is 3.36. The van der Waals surface area contributed by atoms with Crippen molar-refractivity contribution in [1.29, 1.82) is 0 Å². The molecule has 4 unspecified atom stereocenters. The predicted molar refractivity (Wildman–Crippen MR) is 154 cm³/mol. The van der Waals surface area contributed by atoms with Crippen LogP contribution >= 0.6 is 0 Å². The molecule has 9 heteroatoms. The molecule has 218 valence electrons. The molecule has 0 saturated carbocycles. The fourth-order valence-electron chi connectivity index (χ4n) is 5.12. The van der Waals surface area contributed by atoms with Crippen molar-refractivity contribution >= 4 is 23.7 Å². The topological polar surface area (TPSA) is 117 Å². The van der Waals surface area contributed by atoms with Crippen molar-refractivity contribution in [2.45, 2.75) is 65.1 Å². The number of piperidine rings is 1. The first-order valence-electron chi connectivity index (χ1n) is 14.4. The summed E-state index contributed by atoms with van der Waals surface area (Å²) in [5.41, 5.74) is 0.827. The van der Waals surface area contributed by atoms with Crippen LogP contribution in [0.3, 0.4) is 0 Å². The fraction of sp³-hybridized carbons (Fsp3) is 0.548. The number of likely N-dealkylation sites (tertiary alicyclic amines) is 1. The Hall–Kier alpha value is -3.46. The Labute approximate surface area is 237 Å². The number of hydrogen-bond acceptors (Lipinski definition) is 6. The molecule has 0 aromatic heterocycles. The molecule has 1 heterocycles. The molecule has 3 rings (SSSR count). The van der Waals surface area contributed by atoms with Crippen molar-refractivity contribution in [3.8, 4) is 0 Å². The second kappa shape index (κ2) is 16.0. The van der Waals surface area contributed by atoms with Crippen LogP contribution in [0, 0.1) is 17.8 Å². The van der Waals surface area contributed by atoms with Crippen molar-refractivity contribution in [1.82, 2.24) is 20.9 Å². The Morgan fingerprint density at radius 3 is 2.42 bits per heavy atom. The zero-order chi connectivity index (χ0) is 28.9. The fourth-order valence-corrected chi connectivity index (χ4v) is 5.12. The molecule has 0 bridgehead atoms. The number of rotatable bonds is 14. The van der Waals surface area contributed by atoms with Crippen LogP contribution in [-0.2, 0) is 25.7 Å². The number of fused-ring (bicyclic) bond motifs is 1. The van der Waals surface area contributed by atoms with Crippen LogP contribution in [0.2, 0.25) is 0 Å². The summed E-state index contributed by atoms with van der Waals surface area (Å²) in [6.45, 7) is 8.94. The van der Waals surface area contributed by atoms with Gasteiger partial charge in [0.2, 0.25) is 11.7 Å². The molecule has 3 N–H and O–H groups in total. The van der Waals surface area contributed by atoms with E-state index in [0.717, 1.165) is 38.0 Å². The van der Waals surface area contributed by atoms with E-state index < -0.39 is 35.8 Å². The van der Waals surface area contributed by atoms with E-state index in [4.69, 9.17) is 4.74 Å². The average Bonchev–Trinajstić information content (AvgIpc) is 2.96. The summed E-state index contributed by atoms with van der Waals surface area (Å²) in [6.07, 6.45) is 10.5. The molecular weight excluding hydrogens is 508 g/mol. The van der Waals surface area contributed by atoms with E-state index >= 15 is 0 Å². The molecule has 1 aromatic carbocycles. The van der Waals surface area contributed by atoms with Crippen LogP contribution in [0.25, 0.3) is 0 Å². The highest BCUT2D eigenvalue weighted by Crippen LogP contribution is 2.28. The van der Waals surface area contributed by atoms with Crippen LogP contribution in [0.15, 0.2) is 54.6 Å². The highest BCUT2D eigenvalue weighted by atomic mass is 16.5. The smallest absolute Gasteiger partial charge is 0.408 e. The van der Waals surface area contributed by atoms with Crippen molar-refractivity contribution in [2.75, 3.05) is 26.2 Å². The van der Waals surface area contributed by atoms with E-state index in [1.54, 1.807) is 6.92 Å². The van der Waals surface area contributed by atoms with Crippen LogP contribution in [-0.4, -0.2) is 66.9 Å². The summed E-state index contributed by atoms with van der Waals surface area (Å²) in [5.74, 6) is -0.653. The van der Waals surface area contributed by atoms with Crippen LogP contribution in [0.4, 0.5) is 4.79 Å². The van der Waals surface area contributed by atoms with Gasteiger partial charge in [0.25, 0.3) is 5.91 Å². The first-order chi connectivity index (χ1) is 19.3. The summed E-state index contributed by atoms with van der Waals surface area (Å²) in [4.78, 5) is 53.2. The monoisotopic (exact) mass is 552 g/mol. The summed E-state index contributed by atoms with van der Waals surface area (Å²) in [7, 11) is 0. The SMILES string of the molecule is CCC(NC(=O)C(CC(C)C)NC(=O)OCc1ccccc1)C(=O)C(=O)NCCCN1CCC2C=CC=CC2C1. The number of allylic oxidation sites excluding steroid dienone is 3. The third-order valence-electron chi connectivity index (χ3n) is 7.36. The Morgan fingerprint density at radius 2 is 1.73 bits per heavy atom. The molecular formula is C31H44N4O5. The van der Waals surface area contributed by atoms with E-state index in [9.17, 15) is 19.2 Å². The summed E-state index contributed by atoms with van der Waals surface area (Å²) in [5, 5.41) is 7.98. The lowest BCUT2D eigenvalue weighted by atomic mass is 9.82. The number of amides is 3. The Balaban J connectivity index is 1.42. The Kier molecular flexibility index (Phi) is 12.4. The van der Waals surface area contributed by atoms with Crippen molar-refractivity contribution in [2.24, 2.45) is 17.8 Å². The zero-order valence-electron chi connectivity index (χ0n) is 23.9. The van der Waals surface area contributed by atoms with Gasteiger partial charge in [0.15, 0.2) is 0 Å². The number of nitrogens with one attached hydrogen (secondary N) is 3. The number of hydrogen-bond donors (Lipinski definition) is 3. The zero-order valence-corrected chi connectivity index (χ0v) is 23.9. The van der Waals surface area contributed by atoms with Crippen LogP contribution in [0.1, 0.15) is 52.0 Å². The summed E-state index contributed by atoms with van der Waals surface area (Å²) < 4.78 is 5.26. The number of carbonyl (C=O) groups excluding carboxylic acids is 4. The molecule has 1 aliphatic carbocycles. The van der Waals surface area contributed by atoms with Crippen molar-refractivity contribution in [3.05, 3.63) is 60.2 Å². The first kappa shape index (κ1) is 31.1. The molecule has 0 spiro atoms. The highest BCUT2D eigenvalue weighted by Gasteiger charge is 2.30. The molecule has 2 aliphatic rings. The maximum Gasteiger partial charge on any atom is 0.408 e. The van der Waals surface area contributed by atoms with Gasteiger partial charge in [-0.3, -0.25) is 14.4 Å². The van der Waals surface area contributed by atoms with Gasteiger partial charge in [-0.2, -0.15) is 0 Å². The second-order valence-corrected chi connectivity index (χ2v) is 11.0. The number of ether oxygens (including phenoxy) is 1. The number of carbonyl (C=O) groups is 4. The largest absolute Gasteiger partial charge is 0.445 e. The van der Waals surface area contributed by atoms with Crippen molar-refractivity contribution < 1.29 is 23.9 Å². The molecule has 1 aromatic rings. The first-order valence-corrected chi connectivity index (χ1v) is 14.4. The number of benzene rings is 1. The molecule has 9 nitrogen and oxygen atoms in total. The minimum atomic E-state index is -0.977. The van der Waals surface area contributed by atoms with Gasteiger partial charge in [-0.25, -0.2) is 4.79 Å². The Bertz CT molecular complexity index is 1060. The molecule has 40 heavy (non-hydrogen) atoms. The molecule has 1 aliphatic heterocycles. The number of ketones is 1. The molecule has 1 saturated heterocycles. The maximum atomic E-state index is 13.0. The van der Waals surface area contributed by atoms with E-state index in [0.29, 0.717) is 24.8 Å². The standard InChI is InChI=1S/C31H44N4O5/c1-4-26(28(36)30(38)32-16-10-17-35-18-15-24-13-8-9-14-25(24)20-35)33-29(37)27(19-22(2)3)34-31(39)40-21-23-11-6-5-7-12-23/h5-9,11-14,22,24-27H,4,10,15-21H2,1-3H3,(H,32,38)(H,33,37)(H,34,39). The molecule has 0 radical (unpaired) electrons. The van der Waals surface area contributed by atoms with E-state index in [-0.39, 0.29) is 18.9 Å². The lowest BCUT2D eigenvalue weighted by Crippen LogP contribution is -2.54. The van der Waals surface area contributed by atoms with Gasteiger partial charge in [-0.15, -0.1) is 0 Å². The minimum Gasteiger partial charge on any atom is -0.445 e. The molecule has 3 amide bonds. The third kappa shape index (κ3) is 9.93. The molecule has 4 atom stereocenters. The Morgan fingerprint density at radius 1 is 1.00 bits per heavy atom. The van der Waals surface area contributed by atoms with Gasteiger partial charge < -0.3 is 25.6 Å². The van der Waals surface area contributed by atoms with Gasteiger partial charge in [-0.1, -0.05) is 75.4 Å². The highest BCUT2D eigenvalue weighted by molar-refractivity contribution is 6.38. The van der Waals surface area contributed by atoms with Gasteiger partial charge in [0, 0.05) is 13.1 Å². The lowest BCUT2D eigenvalue weighted by molar-refractivity contribution is -0.140. The van der Waals surface area contributed by atoms with Gasteiger partial charge in [0.05, 0.1) is 6.04 Å². The number of nitrogens with zero attached hydrogens (tertiary/aromatic N) is 1. The summed E-state index contributed by atoms with van der Waals surface area (Å²) in [6, 6.07) is 7.36. The number of Topliss-reactive ketones (excluding diaryl/α,β-unsaturated/α-hetero) is 1. The van der Waals surface area contributed by atoms with Gasteiger partial charge in [-0.05, 0) is 62.1 Å². The minimum absolute atomic E-state index is 0.0756. The molecule has 1 fully saturated rings. The van der Waals surface area contributed by atoms with Gasteiger partial charge in [0.1, 0.15) is 12.6 Å². The van der Waals surface area contributed by atoms with E-state index in [2.05, 4.69) is 45.2 Å². The van der Waals surface area contributed by atoms with Crippen LogP contribution < -0.4 is 16.0 Å². The normalized spacial score (nSPS) is 19.8. The van der Waals surface area contributed by atoms with Crippen LogP contribution in [0.5, 0.6) is 0 Å². The van der Waals surface area contributed by atoms with E-state index in [1.807, 2.05) is 44.2 Å². The summed E-state index contributed by atoms with van der Waals surface area (Å²) >= 11 is 0. The average molecular weight is 553 g/mol. The van der Waals surface area contributed by atoms with Crippen molar-refractivity contribution in [3.63, 3.8) is 0 Å². The number of alkyl carbamates (subject to hydrolysis) is 1. The van der Waals surface area contributed by atoms with Gasteiger partial charge >= 0.3 is 6.09 Å².